The number of carbonyl (C=O) groups is 1. The van der Waals surface area contributed by atoms with Crippen molar-refractivity contribution in [3.05, 3.63) is 83.7 Å². The van der Waals surface area contributed by atoms with Gasteiger partial charge in [-0.15, -0.1) is 0 Å². The average molecular weight is 473 g/mol. The quantitative estimate of drug-likeness (QED) is 0.371. The van der Waals surface area contributed by atoms with Crippen LogP contribution in [0.2, 0.25) is 0 Å². The van der Waals surface area contributed by atoms with Crippen molar-refractivity contribution in [2.45, 2.75) is 31.7 Å². The Bertz CT molecular complexity index is 1560. The first-order valence-corrected chi connectivity index (χ1v) is 11.3. The van der Waals surface area contributed by atoms with Crippen LogP contribution in [0.4, 0.5) is 8.78 Å². The minimum Gasteiger partial charge on any atom is -0.364 e. The zero-order valence-corrected chi connectivity index (χ0v) is 18.6. The number of aryl methyl sites for hydroxylation is 2. The Labute approximate surface area is 198 Å². The maximum atomic E-state index is 13.6. The standard InChI is InChI=1S/C25H21F2N7O/c26-16-9-14(10-17(27)11-16)1-5-21-30-23(24(31-21)19-7-8-34(32-19)18-3-4-18)15-2-6-22-29-12-20(25(28)35)33(22)13-15/h2,6-13,18H,1,3-5H2,(H2,28,35)(H,30,31). The molecule has 0 saturated heterocycles. The number of hydrogen-bond acceptors (Lipinski definition) is 4. The van der Waals surface area contributed by atoms with Crippen LogP contribution in [0.5, 0.6) is 0 Å². The van der Waals surface area contributed by atoms with Crippen LogP contribution in [0.15, 0.2) is 55.0 Å². The van der Waals surface area contributed by atoms with E-state index in [1.54, 1.807) is 16.7 Å². The van der Waals surface area contributed by atoms with Gasteiger partial charge in [-0.1, -0.05) is 0 Å². The summed E-state index contributed by atoms with van der Waals surface area (Å²) in [7, 11) is 0. The van der Waals surface area contributed by atoms with Crippen LogP contribution in [-0.4, -0.2) is 35.0 Å². The predicted molar refractivity (Wildman–Crippen MR) is 125 cm³/mol. The lowest BCUT2D eigenvalue weighted by atomic mass is 10.1. The van der Waals surface area contributed by atoms with Gasteiger partial charge in [0.05, 0.1) is 23.6 Å². The number of H-pyrrole nitrogens is 1. The van der Waals surface area contributed by atoms with E-state index in [9.17, 15) is 13.6 Å². The molecule has 1 aliphatic rings. The SMILES string of the molecule is NC(=O)c1cnc2ccc(-c3nc(CCc4cc(F)cc(F)c4)[nH]c3-c3ccn(C4CC4)n3)cn12. The molecule has 1 aliphatic carbocycles. The Morgan fingerprint density at radius 1 is 1.11 bits per heavy atom. The van der Waals surface area contributed by atoms with Gasteiger partial charge >= 0.3 is 0 Å². The number of imidazole rings is 2. The number of aromatic amines is 1. The Morgan fingerprint density at radius 3 is 2.66 bits per heavy atom. The number of carbonyl (C=O) groups excluding carboxylic acids is 1. The second-order valence-electron chi connectivity index (χ2n) is 8.75. The lowest BCUT2D eigenvalue weighted by Crippen LogP contribution is -2.13. The molecule has 0 spiro atoms. The fourth-order valence-electron chi connectivity index (χ4n) is 4.27. The molecule has 10 heteroatoms. The van der Waals surface area contributed by atoms with Crippen molar-refractivity contribution in [3.8, 4) is 22.6 Å². The second-order valence-corrected chi connectivity index (χ2v) is 8.75. The maximum absolute atomic E-state index is 13.6. The number of nitrogens with zero attached hydrogens (tertiary/aromatic N) is 5. The summed E-state index contributed by atoms with van der Waals surface area (Å²) in [6, 6.07) is 9.53. The summed E-state index contributed by atoms with van der Waals surface area (Å²) in [5.74, 6) is -1.14. The van der Waals surface area contributed by atoms with Crippen molar-refractivity contribution < 1.29 is 13.6 Å². The van der Waals surface area contributed by atoms with E-state index in [0.717, 1.165) is 35.9 Å². The summed E-state index contributed by atoms with van der Waals surface area (Å²) in [6.45, 7) is 0. The molecule has 3 N–H and O–H groups in total. The number of amides is 1. The summed E-state index contributed by atoms with van der Waals surface area (Å²) in [4.78, 5) is 24.2. The lowest BCUT2D eigenvalue weighted by Gasteiger charge is -2.04. The van der Waals surface area contributed by atoms with Crippen LogP contribution < -0.4 is 5.73 Å². The second kappa shape index (κ2) is 8.15. The van der Waals surface area contributed by atoms with E-state index in [0.29, 0.717) is 41.6 Å². The van der Waals surface area contributed by atoms with Crippen molar-refractivity contribution in [2.24, 2.45) is 5.73 Å². The molecule has 4 heterocycles. The lowest BCUT2D eigenvalue weighted by molar-refractivity contribution is 0.0994. The molecule has 0 unspecified atom stereocenters. The molecule has 6 rings (SSSR count). The molecule has 1 amide bonds. The monoisotopic (exact) mass is 473 g/mol. The van der Waals surface area contributed by atoms with E-state index in [1.165, 1.54) is 18.3 Å². The number of primary amides is 1. The topological polar surface area (TPSA) is 107 Å². The highest BCUT2D eigenvalue weighted by Gasteiger charge is 2.25. The highest BCUT2D eigenvalue weighted by atomic mass is 19.1. The number of aromatic nitrogens is 6. The third-order valence-corrected chi connectivity index (χ3v) is 6.14. The van der Waals surface area contributed by atoms with Crippen LogP contribution in [0.3, 0.4) is 0 Å². The Kier molecular flexibility index (Phi) is 4.94. The fraction of sp³-hybridized carbons (Fsp3) is 0.200. The van der Waals surface area contributed by atoms with Gasteiger partial charge in [0, 0.05) is 30.4 Å². The summed E-state index contributed by atoms with van der Waals surface area (Å²) >= 11 is 0. The van der Waals surface area contributed by atoms with Crippen molar-refractivity contribution in [1.29, 1.82) is 0 Å². The van der Waals surface area contributed by atoms with Gasteiger partial charge in [0.1, 0.15) is 34.5 Å². The zero-order chi connectivity index (χ0) is 24.1. The summed E-state index contributed by atoms with van der Waals surface area (Å²) in [6.07, 6.45) is 8.23. The molecule has 1 saturated carbocycles. The fourth-order valence-corrected chi connectivity index (χ4v) is 4.27. The average Bonchev–Trinajstić information content (AvgIpc) is 3.22. The smallest absolute Gasteiger partial charge is 0.267 e. The van der Waals surface area contributed by atoms with Crippen LogP contribution in [-0.2, 0) is 12.8 Å². The van der Waals surface area contributed by atoms with Crippen LogP contribution in [0.25, 0.3) is 28.3 Å². The first kappa shape index (κ1) is 21.2. The number of pyridine rings is 1. The van der Waals surface area contributed by atoms with E-state index < -0.39 is 17.5 Å². The third-order valence-electron chi connectivity index (χ3n) is 6.14. The molecular formula is C25H21F2N7O. The Morgan fingerprint density at radius 2 is 1.91 bits per heavy atom. The number of benzene rings is 1. The molecule has 1 fully saturated rings. The van der Waals surface area contributed by atoms with Crippen molar-refractivity contribution in [1.82, 2.24) is 29.1 Å². The van der Waals surface area contributed by atoms with Gasteiger partial charge < -0.3 is 10.7 Å². The van der Waals surface area contributed by atoms with Crippen LogP contribution in [0, 0.1) is 11.6 Å². The van der Waals surface area contributed by atoms with Crippen molar-refractivity contribution >= 4 is 11.6 Å². The minimum atomic E-state index is -0.606. The minimum absolute atomic E-state index is 0.269. The summed E-state index contributed by atoms with van der Waals surface area (Å²) in [5.41, 5.74) is 9.77. The van der Waals surface area contributed by atoms with Gasteiger partial charge in [-0.25, -0.2) is 18.7 Å². The molecular weight excluding hydrogens is 452 g/mol. The predicted octanol–water partition coefficient (Wildman–Crippen LogP) is 4.09. The first-order valence-electron chi connectivity index (χ1n) is 11.3. The summed E-state index contributed by atoms with van der Waals surface area (Å²) in [5, 5.41) is 4.73. The summed E-state index contributed by atoms with van der Waals surface area (Å²) < 4.78 is 30.8. The normalized spacial score (nSPS) is 13.5. The van der Waals surface area contributed by atoms with E-state index in [4.69, 9.17) is 15.8 Å². The molecule has 0 aliphatic heterocycles. The molecule has 4 aromatic heterocycles. The largest absolute Gasteiger partial charge is 0.364 e. The molecule has 8 nitrogen and oxygen atoms in total. The third kappa shape index (κ3) is 4.07. The Hall–Kier alpha value is -4.34. The van der Waals surface area contributed by atoms with Gasteiger partial charge in [-0.3, -0.25) is 13.9 Å². The molecule has 0 atom stereocenters. The molecule has 5 aromatic rings. The molecule has 0 bridgehead atoms. The number of nitrogens with two attached hydrogens (primary N) is 1. The van der Waals surface area contributed by atoms with Crippen LogP contribution in [0.1, 0.15) is 40.8 Å². The number of rotatable bonds is 7. The van der Waals surface area contributed by atoms with Crippen molar-refractivity contribution in [3.63, 3.8) is 0 Å². The van der Waals surface area contributed by atoms with Crippen LogP contribution >= 0.6 is 0 Å². The van der Waals surface area contributed by atoms with Gasteiger partial charge in [0.25, 0.3) is 5.91 Å². The van der Waals surface area contributed by atoms with Gasteiger partial charge in [-0.05, 0) is 55.2 Å². The molecule has 176 valence electrons. The Balaban J connectivity index is 1.40. The number of hydrogen-bond donors (Lipinski definition) is 2. The van der Waals surface area contributed by atoms with Gasteiger partial charge in [0.2, 0.25) is 0 Å². The van der Waals surface area contributed by atoms with Crippen molar-refractivity contribution in [2.75, 3.05) is 0 Å². The molecule has 0 radical (unpaired) electrons. The van der Waals surface area contributed by atoms with E-state index in [2.05, 4.69) is 9.97 Å². The van der Waals surface area contributed by atoms with Gasteiger partial charge in [0.15, 0.2) is 0 Å². The van der Waals surface area contributed by atoms with E-state index in [-0.39, 0.29) is 5.69 Å². The first-order chi connectivity index (χ1) is 16.9. The number of halogens is 2. The highest BCUT2D eigenvalue weighted by Crippen LogP contribution is 2.36. The molecule has 35 heavy (non-hydrogen) atoms. The van der Waals surface area contributed by atoms with Gasteiger partial charge in [-0.2, -0.15) is 5.10 Å². The number of fused-ring (bicyclic) bond motifs is 1. The highest BCUT2D eigenvalue weighted by molar-refractivity contribution is 5.92. The number of nitrogens with one attached hydrogen (secondary N) is 1. The maximum Gasteiger partial charge on any atom is 0.267 e. The zero-order valence-electron chi connectivity index (χ0n) is 18.6. The molecule has 1 aromatic carbocycles. The van der Waals surface area contributed by atoms with E-state index in [1.807, 2.05) is 23.0 Å². The van der Waals surface area contributed by atoms with E-state index >= 15 is 0 Å².